The normalized spacial score (nSPS) is 12.3. The first-order chi connectivity index (χ1) is 9.16. The van der Waals surface area contributed by atoms with Crippen molar-refractivity contribution in [3.63, 3.8) is 0 Å². The number of rotatable bonds is 5. The first-order valence-corrected chi connectivity index (χ1v) is 6.57. The third-order valence-corrected chi connectivity index (χ3v) is 3.39. The summed E-state index contributed by atoms with van der Waals surface area (Å²) in [7, 11) is 0. The molecule has 3 heteroatoms. The molecule has 1 atom stereocenters. The zero-order valence-electron chi connectivity index (χ0n) is 11.1. The van der Waals surface area contributed by atoms with E-state index in [0.29, 0.717) is 0 Å². The second-order valence-corrected chi connectivity index (χ2v) is 4.89. The number of pyridine rings is 1. The number of aromatic nitrogens is 1. The molecule has 1 aromatic heterocycles. The number of benzene rings is 1. The van der Waals surface area contributed by atoms with E-state index in [2.05, 4.69) is 11.9 Å². The number of aryl methyl sites for hydroxylation is 1. The van der Waals surface area contributed by atoms with Crippen LogP contribution in [0.5, 0.6) is 11.5 Å². The maximum atomic E-state index is 9.80. The third-order valence-electron chi connectivity index (χ3n) is 3.39. The van der Waals surface area contributed by atoms with Gasteiger partial charge in [0.1, 0.15) is 11.5 Å². The summed E-state index contributed by atoms with van der Waals surface area (Å²) >= 11 is 0. The number of phenols is 2. The Morgan fingerprint density at radius 2 is 1.84 bits per heavy atom. The van der Waals surface area contributed by atoms with Crippen LogP contribution < -0.4 is 0 Å². The van der Waals surface area contributed by atoms with Gasteiger partial charge in [0.25, 0.3) is 0 Å². The molecule has 1 aromatic carbocycles. The predicted molar refractivity (Wildman–Crippen MR) is 75.4 cm³/mol. The quantitative estimate of drug-likeness (QED) is 0.804. The maximum absolute atomic E-state index is 9.80. The molecule has 0 bridgehead atoms. The zero-order valence-corrected chi connectivity index (χ0v) is 11.1. The van der Waals surface area contributed by atoms with Gasteiger partial charge >= 0.3 is 0 Å². The van der Waals surface area contributed by atoms with Gasteiger partial charge in [-0.1, -0.05) is 6.92 Å². The number of aromatic hydroxyl groups is 2. The van der Waals surface area contributed by atoms with E-state index in [4.69, 9.17) is 0 Å². The van der Waals surface area contributed by atoms with Gasteiger partial charge in [-0.15, -0.1) is 0 Å². The van der Waals surface area contributed by atoms with Crippen molar-refractivity contribution in [1.29, 1.82) is 0 Å². The van der Waals surface area contributed by atoms with Gasteiger partial charge in [0.15, 0.2) is 0 Å². The van der Waals surface area contributed by atoms with E-state index < -0.39 is 0 Å². The van der Waals surface area contributed by atoms with Crippen LogP contribution in [0.2, 0.25) is 0 Å². The summed E-state index contributed by atoms with van der Waals surface area (Å²) in [5, 5.41) is 19.3. The fourth-order valence-corrected chi connectivity index (χ4v) is 2.25. The van der Waals surface area contributed by atoms with Crippen LogP contribution in [-0.2, 0) is 6.42 Å². The minimum Gasteiger partial charge on any atom is -0.508 e. The van der Waals surface area contributed by atoms with Crippen LogP contribution in [-0.4, -0.2) is 15.2 Å². The van der Waals surface area contributed by atoms with E-state index in [1.54, 1.807) is 24.5 Å². The van der Waals surface area contributed by atoms with E-state index in [-0.39, 0.29) is 17.4 Å². The summed E-state index contributed by atoms with van der Waals surface area (Å²) in [5.41, 5.74) is 2.09. The predicted octanol–water partition coefficient (Wildman–Crippen LogP) is 3.62. The minimum atomic E-state index is 0.203. The molecule has 0 aliphatic heterocycles. The van der Waals surface area contributed by atoms with Gasteiger partial charge in [-0.25, -0.2) is 0 Å². The zero-order chi connectivity index (χ0) is 13.7. The largest absolute Gasteiger partial charge is 0.508 e. The third kappa shape index (κ3) is 3.71. The summed E-state index contributed by atoms with van der Waals surface area (Å²) in [5.74, 6) is 0.692. The summed E-state index contributed by atoms with van der Waals surface area (Å²) in [4.78, 5) is 4.00. The van der Waals surface area contributed by atoms with Crippen molar-refractivity contribution in [2.45, 2.75) is 32.1 Å². The molecule has 2 N–H and O–H groups in total. The van der Waals surface area contributed by atoms with E-state index in [0.717, 1.165) is 24.8 Å². The molecule has 2 aromatic rings. The van der Waals surface area contributed by atoms with Gasteiger partial charge in [0, 0.05) is 18.0 Å². The molecule has 1 unspecified atom stereocenters. The molecule has 0 aliphatic carbocycles. The number of hydrogen-bond donors (Lipinski definition) is 2. The van der Waals surface area contributed by atoms with Gasteiger partial charge in [-0.05, 0) is 61.1 Å². The molecule has 0 spiro atoms. The highest BCUT2D eigenvalue weighted by Crippen LogP contribution is 2.31. The Morgan fingerprint density at radius 1 is 1.11 bits per heavy atom. The average Bonchev–Trinajstić information content (AvgIpc) is 2.42. The van der Waals surface area contributed by atoms with E-state index in [1.165, 1.54) is 11.6 Å². The number of phenolic OH excluding ortho intramolecular Hbond substituents is 2. The molecule has 0 amide bonds. The number of hydrogen-bond acceptors (Lipinski definition) is 3. The Morgan fingerprint density at radius 3 is 2.58 bits per heavy atom. The SMILES string of the molecule is CC(CCCc1ccncc1)c1cc(O)ccc1O. The fraction of sp³-hybridized carbons (Fsp3) is 0.312. The summed E-state index contributed by atoms with van der Waals surface area (Å²) in [6, 6.07) is 8.74. The molecule has 100 valence electrons. The molecular formula is C16H19NO2. The van der Waals surface area contributed by atoms with Crippen LogP contribution in [0.25, 0.3) is 0 Å². The standard InChI is InChI=1S/C16H19NO2/c1-12(15-11-14(18)5-6-16(15)19)3-2-4-13-7-9-17-10-8-13/h5-12,18-19H,2-4H2,1H3. The van der Waals surface area contributed by atoms with Crippen molar-refractivity contribution in [1.82, 2.24) is 4.98 Å². The highest BCUT2D eigenvalue weighted by molar-refractivity contribution is 5.40. The number of nitrogens with zero attached hydrogens (tertiary/aromatic N) is 1. The van der Waals surface area contributed by atoms with Crippen molar-refractivity contribution in [2.24, 2.45) is 0 Å². The maximum Gasteiger partial charge on any atom is 0.119 e. The molecular weight excluding hydrogens is 238 g/mol. The van der Waals surface area contributed by atoms with Crippen LogP contribution in [0, 0.1) is 0 Å². The van der Waals surface area contributed by atoms with Crippen molar-refractivity contribution in [2.75, 3.05) is 0 Å². The molecule has 0 fully saturated rings. The summed E-state index contributed by atoms with van der Waals surface area (Å²) in [6.07, 6.45) is 6.63. The monoisotopic (exact) mass is 257 g/mol. The Labute approximate surface area is 113 Å². The van der Waals surface area contributed by atoms with E-state index in [1.807, 2.05) is 12.1 Å². The van der Waals surface area contributed by atoms with Gasteiger partial charge in [-0.3, -0.25) is 4.98 Å². The van der Waals surface area contributed by atoms with Crippen LogP contribution in [0.3, 0.4) is 0 Å². The van der Waals surface area contributed by atoms with Crippen molar-refractivity contribution >= 4 is 0 Å². The van der Waals surface area contributed by atoms with Gasteiger partial charge in [0.05, 0.1) is 0 Å². The first-order valence-electron chi connectivity index (χ1n) is 6.57. The van der Waals surface area contributed by atoms with E-state index in [9.17, 15) is 10.2 Å². The van der Waals surface area contributed by atoms with Crippen LogP contribution in [0.15, 0.2) is 42.7 Å². The lowest BCUT2D eigenvalue weighted by molar-refractivity contribution is 0.446. The molecule has 0 saturated carbocycles. The fourth-order valence-electron chi connectivity index (χ4n) is 2.25. The Hall–Kier alpha value is -2.03. The van der Waals surface area contributed by atoms with Crippen LogP contribution in [0.1, 0.15) is 36.8 Å². The summed E-state index contributed by atoms with van der Waals surface area (Å²) < 4.78 is 0. The van der Waals surface area contributed by atoms with Crippen molar-refractivity contribution < 1.29 is 10.2 Å². The lowest BCUT2D eigenvalue weighted by Gasteiger charge is -2.13. The molecule has 3 nitrogen and oxygen atoms in total. The first kappa shape index (κ1) is 13.4. The van der Waals surface area contributed by atoms with E-state index >= 15 is 0 Å². The smallest absolute Gasteiger partial charge is 0.119 e. The van der Waals surface area contributed by atoms with Gasteiger partial charge in [0.2, 0.25) is 0 Å². The molecule has 1 heterocycles. The Balaban J connectivity index is 1.91. The highest BCUT2D eigenvalue weighted by atomic mass is 16.3. The minimum absolute atomic E-state index is 0.203. The molecule has 0 aliphatic rings. The Bertz CT molecular complexity index is 526. The molecule has 2 rings (SSSR count). The topological polar surface area (TPSA) is 53.4 Å². The second kappa shape index (κ2) is 6.23. The van der Waals surface area contributed by atoms with Crippen molar-refractivity contribution in [3.8, 4) is 11.5 Å². The highest BCUT2D eigenvalue weighted by Gasteiger charge is 2.11. The van der Waals surface area contributed by atoms with Gasteiger partial charge < -0.3 is 10.2 Å². The van der Waals surface area contributed by atoms with Gasteiger partial charge in [-0.2, -0.15) is 0 Å². The lowest BCUT2D eigenvalue weighted by Crippen LogP contribution is -1.96. The molecule has 0 radical (unpaired) electrons. The van der Waals surface area contributed by atoms with Crippen LogP contribution >= 0.6 is 0 Å². The summed E-state index contributed by atoms with van der Waals surface area (Å²) in [6.45, 7) is 2.07. The molecule has 19 heavy (non-hydrogen) atoms. The lowest BCUT2D eigenvalue weighted by atomic mass is 9.93. The molecule has 0 saturated heterocycles. The Kier molecular flexibility index (Phi) is 4.39. The second-order valence-electron chi connectivity index (χ2n) is 4.89. The van der Waals surface area contributed by atoms with Crippen LogP contribution in [0.4, 0.5) is 0 Å². The van der Waals surface area contributed by atoms with Crippen molar-refractivity contribution in [3.05, 3.63) is 53.9 Å². The average molecular weight is 257 g/mol.